The first-order valence-electron chi connectivity index (χ1n) is 10.5. The number of aromatic hydroxyl groups is 1. The van der Waals surface area contributed by atoms with E-state index in [1.165, 1.54) is 0 Å². The summed E-state index contributed by atoms with van der Waals surface area (Å²) in [5.74, 6) is 1.62. The highest BCUT2D eigenvalue weighted by Crippen LogP contribution is 2.34. The van der Waals surface area contributed by atoms with Crippen molar-refractivity contribution >= 4 is 11.6 Å². The lowest BCUT2D eigenvalue weighted by molar-refractivity contribution is -0.122. The van der Waals surface area contributed by atoms with E-state index < -0.39 is 0 Å². The fourth-order valence-corrected chi connectivity index (χ4v) is 3.99. The summed E-state index contributed by atoms with van der Waals surface area (Å²) in [7, 11) is 3.21. The molecule has 1 N–H and O–H groups in total. The van der Waals surface area contributed by atoms with Crippen molar-refractivity contribution in [2.45, 2.75) is 39.3 Å². The van der Waals surface area contributed by atoms with Crippen molar-refractivity contribution in [1.29, 1.82) is 0 Å². The number of phenols is 1. The van der Waals surface area contributed by atoms with Crippen molar-refractivity contribution in [2.75, 3.05) is 32.2 Å². The minimum Gasteiger partial charge on any atom is -0.508 e. The van der Waals surface area contributed by atoms with Crippen molar-refractivity contribution in [2.24, 2.45) is 5.92 Å². The maximum absolute atomic E-state index is 13.1. The van der Waals surface area contributed by atoms with Crippen LogP contribution in [0.5, 0.6) is 17.2 Å². The molecule has 6 nitrogen and oxygen atoms in total. The van der Waals surface area contributed by atoms with Gasteiger partial charge >= 0.3 is 0 Å². The molecule has 162 valence electrons. The van der Waals surface area contributed by atoms with Crippen LogP contribution in [0.1, 0.15) is 32.3 Å². The first kappa shape index (κ1) is 22.0. The molecule has 0 spiro atoms. The number of methoxy groups -OCH3 is 2. The van der Waals surface area contributed by atoms with Crippen molar-refractivity contribution in [3.63, 3.8) is 0 Å². The molecule has 2 aromatic carbocycles. The van der Waals surface area contributed by atoms with Crippen molar-refractivity contribution < 1.29 is 19.4 Å². The zero-order valence-corrected chi connectivity index (χ0v) is 18.3. The van der Waals surface area contributed by atoms with E-state index in [2.05, 4.69) is 4.90 Å². The van der Waals surface area contributed by atoms with Gasteiger partial charge in [0.2, 0.25) is 5.91 Å². The number of likely N-dealkylation sites (tertiary alicyclic amines) is 1. The van der Waals surface area contributed by atoms with Crippen LogP contribution < -0.4 is 14.4 Å². The molecule has 0 radical (unpaired) electrons. The summed E-state index contributed by atoms with van der Waals surface area (Å²) >= 11 is 0. The normalized spacial score (nSPS) is 15.2. The van der Waals surface area contributed by atoms with Crippen LogP contribution in [0.15, 0.2) is 42.5 Å². The van der Waals surface area contributed by atoms with E-state index >= 15 is 0 Å². The fourth-order valence-electron chi connectivity index (χ4n) is 3.99. The molecule has 0 unspecified atom stereocenters. The average Bonchev–Trinajstić information content (AvgIpc) is 2.76. The van der Waals surface area contributed by atoms with Crippen molar-refractivity contribution in [1.82, 2.24) is 4.90 Å². The number of carbonyl (C=O) groups is 1. The average molecular weight is 413 g/mol. The monoisotopic (exact) mass is 412 g/mol. The molecule has 1 fully saturated rings. The third kappa shape index (κ3) is 4.87. The molecule has 1 amide bonds. The van der Waals surface area contributed by atoms with E-state index in [0.717, 1.165) is 37.2 Å². The van der Waals surface area contributed by atoms with Crippen LogP contribution in [-0.4, -0.2) is 49.3 Å². The second kappa shape index (κ2) is 9.85. The quantitative estimate of drug-likeness (QED) is 0.743. The molecule has 0 aromatic heterocycles. The highest BCUT2D eigenvalue weighted by atomic mass is 16.5. The van der Waals surface area contributed by atoms with Gasteiger partial charge < -0.3 is 19.5 Å². The van der Waals surface area contributed by atoms with Gasteiger partial charge in [-0.2, -0.15) is 0 Å². The van der Waals surface area contributed by atoms with Gasteiger partial charge in [0, 0.05) is 48.9 Å². The number of anilines is 1. The number of amides is 1. The highest BCUT2D eigenvalue weighted by molar-refractivity contribution is 5.95. The Morgan fingerprint density at radius 1 is 1.10 bits per heavy atom. The summed E-state index contributed by atoms with van der Waals surface area (Å²) in [6, 6.07) is 13.2. The number of ether oxygens (including phenoxy) is 2. The van der Waals surface area contributed by atoms with E-state index in [1.54, 1.807) is 20.3 Å². The van der Waals surface area contributed by atoms with Crippen LogP contribution in [-0.2, 0) is 11.3 Å². The molecule has 0 saturated carbocycles. The molecule has 1 saturated heterocycles. The summed E-state index contributed by atoms with van der Waals surface area (Å²) < 4.78 is 10.8. The third-order valence-corrected chi connectivity index (χ3v) is 5.68. The maximum Gasteiger partial charge on any atom is 0.229 e. The predicted molar refractivity (Wildman–Crippen MR) is 118 cm³/mol. The molecule has 1 aliphatic rings. The number of benzene rings is 2. The maximum atomic E-state index is 13.1. The first-order chi connectivity index (χ1) is 14.4. The van der Waals surface area contributed by atoms with Gasteiger partial charge in [0.25, 0.3) is 0 Å². The minimum atomic E-state index is -0.0996. The van der Waals surface area contributed by atoms with Gasteiger partial charge in [-0.25, -0.2) is 0 Å². The van der Waals surface area contributed by atoms with Gasteiger partial charge in [-0.05, 0) is 31.0 Å². The number of phenolic OH excluding ortho intramolecular Hbond substituents is 1. The summed E-state index contributed by atoms with van der Waals surface area (Å²) in [5.41, 5.74) is 1.77. The number of para-hydroxylation sites is 1. The number of hydrogen-bond donors (Lipinski definition) is 1. The number of carbonyl (C=O) groups excluding carboxylic acids is 1. The largest absolute Gasteiger partial charge is 0.508 e. The Balaban J connectivity index is 1.76. The van der Waals surface area contributed by atoms with Gasteiger partial charge in [0.15, 0.2) is 11.5 Å². The Morgan fingerprint density at radius 3 is 2.37 bits per heavy atom. The number of hydrogen-bond acceptors (Lipinski definition) is 5. The van der Waals surface area contributed by atoms with Crippen LogP contribution in [0.4, 0.5) is 5.69 Å². The number of rotatable bonds is 7. The first-order valence-corrected chi connectivity index (χ1v) is 10.5. The lowest BCUT2D eigenvalue weighted by atomic mass is 9.99. The molecular weight excluding hydrogens is 380 g/mol. The Bertz CT molecular complexity index is 860. The zero-order valence-electron chi connectivity index (χ0n) is 18.3. The minimum absolute atomic E-state index is 0.0996. The summed E-state index contributed by atoms with van der Waals surface area (Å²) in [6.07, 6.45) is 1.75. The molecule has 1 aliphatic heterocycles. The van der Waals surface area contributed by atoms with Crippen molar-refractivity contribution in [3.8, 4) is 17.2 Å². The van der Waals surface area contributed by atoms with E-state index in [9.17, 15) is 9.90 Å². The van der Waals surface area contributed by atoms with E-state index in [0.29, 0.717) is 23.8 Å². The molecular formula is C24H32N2O4. The highest BCUT2D eigenvalue weighted by Gasteiger charge is 2.31. The lowest BCUT2D eigenvalue weighted by Crippen LogP contribution is -2.48. The van der Waals surface area contributed by atoms with Crippen LogP contribution in [0, 0.1) is 5.92 Å². The molecule has 0 bridgehead atoms. The van der Waals surface area contributed by atoms with Crippen LogP contribution in [0.3, 0.4) is 0 Å². The topological polar surface area (TPSA) is 62.2 Å². The Hall–Kier alpha value is -2.73. The van der Waals surface area contributed by atoms with Gasteiger partial charge in [-0.1, -0.05) is 32.0 Å². The van der Waals surface area contributed by atoms with E-state index in [4.69, 9.17) is 9.47 Å². The number of nitrogens with zero attached hydrogens (tertiary/aromatic N) is 2. The third-order valence-electron chi connectivity index (χ3n) is 5.68. The summed E-state index contributed by atoms with van der Waals surface area (Å²) in [5, 5.41) is 10.1. The smallest absolute Gasteiger partial charge is 0.229 e. The van der Waals surface area contributed by atoms with Gasteiger partial charge in [-0.3, -0.25) is 9.69 Å². The summed E-state index contributed by atoms with van der Waals surface area (Å²) in [6.45, 7) is 6.32. The molecule has 2 aromatic rings. The van der Waals surface area contributed by atoms with E-state index in [-0.39, 0.29) is 17.9 Å². The molecule has 0 aliphatic carbocycles. The van der Waals surface area contributed by atoms with Crippen LogP contribution >= 0.6 is 0 Å². The number of piperidine rings is 1. The standard InChI is InChI=1S/C24H32N2O4/c1-17(2)24(28)26(20-9-10-22(29-3)23(15-20)30-4)19-11-13-25(14-12-19)16-18-7-5-6-8-21(18)27/h5-10,15,17,19,27H,11-14,16H2,1-4H3. The fraction of sp³-hybridized carbons (Fsp3) is 0.458. The predicted octanol–water partition coefficient (Wildman–Crippen LogP) is 4.06. The van der Waals surface area contributed by atoms with Crippen molar-refractivity contribution in [3.05, 3.63) is 48.0 Å². The van der Waals surface area contributed by atoms with Gasteiger partial charge in [0.1, 0.15) is 5.75 Å². The van der Waals surface area contributed by atoms with Gasteiger partial charge in [-0.15, -0.1) is 0 Å². The Kier molecular flexibility index (Phi) is 7.21. The lowest BCUT2D eigenvalue weighted by Gasteiger charge is -2.39. The molecule has 1 heterocycles. The summed E-state index contributed by atoms with van der Waals surface area (Å²) in [4.78, 5) is 17.4. The molecule has 6 heteroatoms. The van der Waals surface area contributed by atoms with E-state index in [1.807, 2.05) is 55.1 Å². The zero-order chi connectivity index (χ0) is 21.7. The molecule has 0 atom stereocenters. The second-order valence-corrected chi connectivity index (χ2v) is 8.04. The molecule has 3 rings (SSSR count). The second-order valence-electron chi connectivity index (χ2n) is 8.04. The van der Waals surface area contributed by atoms with Crippen LogP contribution in [0.2, 0.25) is 0 Å². The Labute approximate surface area is 179 Å². The van der Waals surface area contributed by atoms with Gasteiger partial charge in [0.05, 0.1) is 14.2 Å². The Morgan fingerprint density at radius 2 is 1.77 bits per heavy atom. The SMILES string of the molecule is COc1ccc(N(C(=O)C(C)C)C2CCN(Cc3ccccc3O)CC2)cc1OC. The van der Waals surface area contributed by atoms with Crippen LogP contribution in [0.25, 0.3) is 0 Å². The molecule has 30 heavy (non-hydrogen) atoms.